The number of nitrogens with zero attached hydrogens (tertiary/aromatic N) is 5. The Balaban J connectivity index is 1.73. The number of benzene rings is 1. The maximum absolute atomic E-state index is 12.5. The number of carbonyl (C=O) groups excluding carboxylic acids is 1. The molecule has 1 fully saturated rings. The van der Waals surface area contributed by atoms with Gasteiger partial charge in [0.25, 0.3) is 5.91 Å². The average molecular weight is 285 g/mol. The zero-order chi connectivity index (χ0) is 14.7. The molecule has 21 heavy (non-hydrogen) atoms. The summed E-state index contributed by atoms with van der Waals surface area (Å²) >= 11 is 0. The van der Waals surface area contributed by atoms with Crippen molar-refractivity contribution < 1.29 is 4.79 Å². The first kappa shape index (κ1) is 13.8. The van der Waals surface area contributed by atoms with Gasteiger partial charge in [-0.25, -0.2) is 9.67 Å². The van der Waals surface area contributed by atoms with Gasteiger partial charge in [0.1, 0.15) is 12.7 Å². The number of hydrogen-bond acceptors (Lipinski definition) is 4. The summed E-state index contributed by atoms with van der Waals surface area (Å²) in [4.78, 5) is 20.7. The maximum atomic E-state index is 12.5. The van der Waals surface area contributed by atoms with Crippen LogP contribution < -0.4 is 0 Å². The predicted molar refractivity (Wildman–Crippen MR) is 79.4 cm³/mol. The third kappa shape index (κ3) is 3.11. The van der Waals surface area contributed by atoms with Gasteiger partial charge in [0.2, 0.25) is 0 Å². The standard InChI is InChI=1S/C15H19N5O/c1-18-7-2-8-19(10-9-18)15(21)13-3-5-14(6-4-13)20-12-16-11-17-20/h3-6,11-12H,2,7-10H2,1H3. The minimum atomic E-state index is 0.107. The lowest BCUT2D eigenvalue weighted by Crippen LogP contribution is -2.34. The molecule has 1 aliphatic heterocycles. The van der Waals surface area contributed by atoms with Gasteiger partial charge >= 0.3 is 0 Å². The SMILES string of the molecule is CN1CCCN(C(=O)c2ccc(-n3cncn3)cc2)CC1. The number of likely N-dealkylation sites (N-methyl/N-ethyl adjacent to an activating group) is 1. The molecule has 6 nitrogen and oxygen atoms in total. The Morgan fingerprint density at radius 3 is 2.62 bits per heavy atom. The van der Waals surface area contributed by atoms with Gasteiger partial charge in [-0.05, 0) is 44.3 Å². The summed E-state index contributed by atoms with van der Waals surface area (Å²) in [6.45, 7) is 3.60. The highest BCUT2D eigenvalue weighted by molar-refractivity contribution is 5.94. The van der Waals surface area contributed by atoms with Gasteiger partial charge in [-0.1, -0.05) is 0 Å². The fourth-order valence-corrected chi connectivity index (χ4v) is 2.53. The van der Waals surface area contributed by atoms with E-state index in [9.17, 15) is 4.79 Å². The van der Waals surface area contributed by atoms with Crippen LogP contribution in [0.5, 0.6) is 0 Å². The zero-order valence-electron chi connectivity index (χ0n) is 12.1. The first-order chi connectivity index (χ1) is 10.2. The smallest absolute Gasteiger partial charge is 0.253 e. The van der Waals surface area contributed by atoms with Crippen LogP contribution in [0.1, 0.15) is 16.8 Å². The monoisotopic (exact) mass is 285 g/mol. The van der Waals surface area contributed by atoms with Crippen LogP contribution in [0.3, 0.4) is 0 Å². The topological polar surface area (TPSA) is 54.3 Å². The van der Waals surface area contributed by atoms with Crippen LogP contribution in [-0.2, 0) is 0 Å². The quantitative estimate of drug-likeness (QED) is 0.827. The molecule has 1 amide bonds. The minimum Gasteiger partial charge on any atom is -0.337 e. The van der Waals surface area contributed by atoms with Crippen LogP contribution in [0.2, 0.25) is 0 Å². The third-order valence-electron chi connectivity index (χ3n) is 3.80. The van der Waals surface area contributed by atoms with Crippen molar-refractivity contribution in [1.29, 1.82) is 0 Å². The van der Waals surface area contributed by atoms with Gasteiger partial charge in [0.15, 0.2) is 0 Å². The van der Waals surface area contributed by atoms with Crippen molar-refractivity contribution in [2.24, 2.45) is 0 Å². The van der Waals surface area contributed by atoms with Crippen molar-refractivity contribution in [3.8, 4) is 5.69 Å². The second-order valence-corrected chi connectivity index (χ2v) is 5.34. The highest BCUT2D eigenvalue weighted by atomic mass is 16.2. The summed E-state index contributed by atoms with van der Waals surface area (Å²) in [7, 11) is 2.10. The second-order valence-electron chi connectivity index (χ2n) is 5.34. The highest BCUT2D eigenvalue weighted by Crippen LogP contribution is 2.12. The van der Waals surface area contributed by atoms with Gasteiger partial charge in [-0.15, -0.1) is 0 Å². The van der Waals surface area contributed by atoms with Crippen LogP contribution in [0.15, 0.2) is 36.9 Å². The van der Waals surface area contributed by atoms with Crippen molar-refractivity contribution in [1.82, 2.24) is 24.6 Å². The molecule has 110 valence electrons. The minimum absolute atomic E-state index is 0.107. The van der Waals surface area contributed by atoms with E-state index in [-0.39, 0.29) is 5.91 Å². The van der Waals surface area contributed by atoms with Crippen molar-refractivity contribution in [2.45, 2.75) is 6.42 Å². The second kappa shape index (κ2) is 6.05. The Kier molecular flexibility index (Phi) is 3.96. The van der Waals surface area contributed by atoms with Gasteiger partial charge in [-0.3, -0.25) is 4.79 Å². The van der Waals surface area contributed by atoms with Crippen LogP contribution in [0.25, 0.3) is 5.69 Å². The third-order valence-corrected chi connectivity index (χ3v) is 3.80. The van der Waals surface area contributed by atoms with Crippen LogP contribution >= 0.6 is 0 Å². The summed E-state index contributed by atoms with van der Waals surface area (Å²) in [6, 6.07) is 7.50. The lowest BCUT2D eigenvalue weighted by molar-refractivity contribution is 0.0763. The highest BCUT2D eigenvalue weighted by Gasteiger charge is 2.18. The van der Waals surface area contributed by atoms with E-state index in [4.69, 9.17) is 0 Å². The van der Waals surface area contributed by atoms with Crippen molar-refractivity contribution in [3.05, 3.63) is 42.5 Å². The molecular weight excluding hydrogens is 266 g/mol. The Morgan fingerprint density at radius 1 is 1.10 bits per heavy atom. The molecule has 0 aliphatic carbocycles. The van der Waals surface area contributed by atoms with Crippen molar-refractivity contribution in [2.75, 3.05) is 33.2 Å². The number of rotatable bonds is 2. The lowest BCUT2D eigenvalue weighted by atomic mass is 10.1. The molecule has 0 saturated carbocycles. The van der Waals surface area contributed by atoms with E-state index in [2.05, 4.69) is 22.0 Å². The molecule has 0 N–H and O–H groups in total. The molecular formula is C15H19N5O. The molecule has 3 rings (SSSR count). The first-order valence-corrected chi connectivity index (χ1v) is 7.17. The first-order valence-electron chi connectivity index (χ1n) is 7.17. The molecule has 1 aliphatic rings. The summed E-state index contributed by atoms with van der Waals surface area (Å²) in [5, 5.41) is 4.08. The molecule has 0 bridgehead atoms. The molecule has 0 radical (unpaired) electrons. The summed E-state index contributed by atoms with van der Waals surface area (Å²) in [6.07, 6.45) is 4.16. The van der Waals surface area contributed by atoms with E-state index in [0.717, 1.165) is 43.9 Å². The van der Waals surface area contributed by atoms with Gasteiger partial charge in [0.05, 0.1) is 5.69 Å². The van der Waals surface area contributed by atoms with E-state index < -0.39 is 0 Å². The van der Waals surface area contributed by atoms with Crippen molar-refractivity contribution >= 4 is 5.91 Å². The number of carbonyl (C=O) groups is 1. The Morgan fingerprint density at radius 2 is 1.90 bits per heavy atom. The van der Waals surface area contributed by atoms with Crippen LogP contribution in [0, 0.1) is 0 Å². The number of amides is 1. The van der Waals surface area contributed by atoms with Crippen molar-refractivity contribution in [3.63, 3.8) is 0 Å². The fraction of sp³-hybridized carbons (Fsp3) is 0.400. The zero-order valence-corrected chi connectivity index (χ0v) is 12.1. The predicted octanol–water partition coefficient (Wildman–Crippen LogP) is 1.05. The molecule has 0 unspecified atom stereocenters. The van der Waals surface area contributed by atoms with Gasteiger partial charge in [-0.2, -0.15) is 5.10 Å². The summed E-state index contributed by atoms with van der Waals surface area (Å²) < 4.78 is 1.68. The fourth-order valence-electron chi connectivity index (χ4n) is 2.53. The van der Waals surface area contributed by atoms with E-state index in [1.54, 1.807) is 11.0 Å². The van der Waals surface area contributed by atoms with E-state index >= 15 is 0 Å². The molecule has 2 aromatic rings. The Labute approximate surface area is 124 Å². The average Bonchev–Trinajstić information content (AvgIpc) is 2.96. The molecule has 1 saturated heterocycles. The Bertz CT molecular complexity index is 593. The van der Waals surface area contributed by atoms with E-state index in [0.29, 0.717) is 0 Å². The lowest BCUT2D eigenvalue weighted by Gasteiger charge is -2.20. The largest absolute Gasteiger partial charge is 0.337 e. The van der Waals surface area contributed by atoms with Crippen LogP contribution in [-0.4, -0.2) is 63.7 Å². The molecule has 6 heteroatoms. The molecule has 2 heterocycles. The summed E-state index contributed by atoms with van der Waals surface area (Å²) in [5.74, 6) is 0.107. The molecule has 0 spiro atoms. The van der Waals surface area contributed by atoms with E-state index in [1.807, 2.05) is 29.2 Å². The molecule has 1 aromatic heterocycles. The maximum Gasteiger partial charge on any atom is 0.253 e. The molecule has 0 atom stereocenters. The van der Waals surface area contributed by atoms with Gasteiger partial charge < -0.3 is 9.80 Å². The Hall–Kier alpha value is -2.21. The van der Waals surface area contributed by atoms with E-state index in [1.165, 1.54) is 6.33 Å². The normalized spacial score (nSPS) is 16.7. The molecule has 1 aromatic carbocycles. The number of hydrogen-bond donors (Lipinski definition) is 0. The number of aromatic nitrogens is 3. The van der Waals surface area contributed by atoms with Crippen LogP contribution in [0.4, 0.5) is 0 Å². The van der Waals surface area contributed by atoms with Gasteiger partial charge in [0, 0.05) is 25.2 Å². The summed E-state index contributed by atoms with van der Waals surface area (Å²) in [5.41, 5.74) is 1.63.